The molecule has 1 aliphatic rings. The largest absolute Gasteiger partial charge is 0.496 e. The molecule has 32 heavy (non-hydrogen) atoms. The number of carbonyl (C=O) groups is 1. The van der Waals surface area contributed by atoms with Crippen LogP contribution in [0.2, 0.25) is 5.02 Å². The minimum atomic E-state index is -4.88. The van der Waals surface area contributed by atoms with Crippen LogP contribution in [0.25, 0.3) is 0 Å². The van der Waals surface area contributed by atoms with Crippen LogP contribution in [0.4, 0.5) is 13.2 Å². The van der Waals surface area contributed by atoms with E-state index in [1.165, 1.54) is 25.5 Å². The van der Waals surface area contributed by atoms with Crippen LogP contribution in [0.3, 0.4) is 0 Å². The van der Waals surface area contributed by atoms with E-state index in [2.05, 4.69) is 4.99 Å². The number of rotatable bonds is 7. The van der Waals surface area contributed by atoms with E-state index in [9.17, 15) is 18.0 Å². The number of carbonyl (C=O) groups excluding carboxylic acids is 1. The van der Waals surface area contributed by atoms with Gasteiger partial charge in [-0.3, -0.25) is 4.79 Å². The first-order chi connectivity index (χ1) is 15.1. The van der Waals surface area contributed by atoms with E-state index in [-0.39, 0.29) is 29.9 Å². The van der Waals surface area contributed by atoms with Gasteiger partial charge in [0.15, 0.2) is 5.71 Å². The Labute approximate surface area is 198 Å². The second-order valence-electron chi connectivity index (χ2n) is 6.57. The lowest BCUT2D eigenvalue weighted by atomic mass is 9.99. The van der Waals surface area contributed by atoms with Crippen LogP contribution < -0.4 is 5.73 Å². The molecule has 172 valence electrons. The maximum absolute atomic E-state index is 14.0. The summed E-state index contributed by atoms with van der Waals surface area (Å²) in [6.45, 7) is 0. The van der Waals surface area contributed by atoms with E-state index in [1.54, 1.807) is 30.3 Å². The van der Waals surface area contributed by atoms with Gasteiger partial charge in [0, 0.05) is 29.8 Å². The third-order valence-corrected chi connectivity index (χ3v) is 5.72. The Bertz CT molecular complexity index is 1010. The van der Waals surface area contributed by atoms with Gasteiger partial charge in [-0.1, -0.05) is 53.7 Å². The minimum Gasteiger partial charge on any atom is -0.496 e. The van der Waals surface area contributed by atoms with Crippen molar-refractivity contribution in [1.82, 2.24) is 0 Å². The third kappa shape index (κ3) is 6.67. The Balaban J connectivity index is 2.68. The number of hydrogen-bond donors (Lipinski definition) is 1. The topological polar surface area (TPSA) is 64.7 Å². The van der Waals surface area contributed by atoms with Crippen LogP contribution in [-0.4, -0.2) is 35.7 Å². The minimum absolute atomic E-state index is 0.0190. The zero-order chi connectivity index (χ0) is 23.9. The zero-order valence-corrected chi connectivity index (χ0v) is 19.6. The van der Waals surface area contributed by atoms with Crippen molar-refractivity contribution in [2.45, 2.75) is 24.4 Å². The van der Waals surface area contributed by atoms with Gasteiger partial charge in [0.05, 0.1) is 23.6 Å². The number of methoxy groups -OCH3 is 1. The Morgan fingerprint density at radius 1 is 1.38 bits per heavy atom. The molecule has 1 atom stereocenters. The van der Waals surface area contributed by atoms with Crippen LogP contribution in [0.15, 0.2) is 76.3 Å². The number of nitrogens with zero attached hydrogens (tertiary/aromatic N) is 1. The highest BCUT2D eigenvalue weighted by molar-refractivity contribution is 8.13. The number of allylic oxidation sites excluding steroid dienone is 5. The summed E-state index contributed by atoms with van der Waals surface area (Å²) in [4.78, 5) is 16.5. The molecule has 0 spiro atoms. The van der Waals surface area contributed by atoms with Gasteiger partial charge in [0.2, 0.25) is 5.12 Å². The van der Waals surface area contributed by atoms with Gasteiger partial charge in [-0.15, -0.1) is 11.6 Å². The van der Waals surface area contributed by atoms with Gasteiger partial charge >= 0.3 is 6.18 Å². The summed E-state index contributed by atoms with van der Waals surface area (Å²) in [5.74, 6) is -0.322. The van der Waals surface area contributed by atoms with E-state index in [0.717, 1.165) is 18.0 Å². The number of alkyl halides is 4. The van der Waals surface area contributed by atoms with Crippen molar-refractivity contribution in [2.24, 2.45) is 10.7 Å². The van der Waals surface area contributed by atoms with E-state index in [4.69, 9.17) is 33.7 Å². The third-order valence-electron chi connectivity index (χ3n) is 4.44. The molecule has 4 nitrogen and oxygen atoms in total. The first-order valence-electron chi connectivity index (χ1n) is 9.31. The van der Waals surface area contributed by atoms with E-state index in [0.29, 0.717) is 10.6 Å². The van der Waals surface area contributed by atoms with Crippen LogP contribution in [0.5, 0.6) is 0 Å². The monoisotopic (exact) mass is 504 g/mol. The SMILES string of the molecule is CO/C(C(=CN)C(=NC1=CC=CC(Cl)C1)C(F)(F)F)=C(\Cc1ccccc1Cl)C(=O)SC. The summed E-state index contributed by atoms with van der Waals surface area (Å²) in [5.41, 5.74) is 4.44. The summed E-state index contributed by atoms with van der Waals surface area (Å²) < 4.78 is 47.4. The molecule has 0 radical (unpaired) electrons. The van der Waals surface area contributed by atoms with Gasteiger partial charge in [-0.05, 0) is 24.0 Å². The number of hydrogen-bond acceptors (Lipinski definition) is 5. The van der Waals surface area contributed by atoms with Crippen LogP contribution >= 0.6 is 35.0 Å². The summed E-state index contributed by atoms with van der Waals surface area (Å²) in [6.07, 6.45) is 2.05. The van der Waals surface area contributed by atoms with E-state index < -0.39 is 28.0 Å². The Hall–Kier alpha value is -2.16. The molecule has 1 aromatic rings. The van der Waals surface area contributed by atoms with Gasteiger partial charge in [-0.25, -0.2) is 4.99 Å². The average Bonchev–Trinajstić information content (AvgIpc) is 2.75. The molecule has 0 heterocycles. The fourth-order valence-corrected chi connectivity index (χ4v) is 3.84. The molecule has 1 unspecified atom stereocenters. The van der Waals surface area contributed by atoms with Gasteiger partial charge < -0.3 is 10.5 Å². The molecule has 0 amide bonds. The molecule has 1 aliphatic carbocycles. The smallest absolute Gasteiger partial charge is 0.434 e. The van der Waals surface area contributed by atoms with Gasteiger partial charge in [0.25, 0.3) is 0 Å². The maximum Gasteiger partial charge on any atom is 0.434 e. The number of benzene rings is 1. The molecule has 0 saturated heterocycles. The Morgan fingerprint density at radius 3 is 2.59 bits per heavy atom. The van der Waals surface area contributed by atoms with Crippen molar-refractivity contribution in [3.8, 4) is 0 Å². The number of thioether (sulfide) groups is 1. The summed E-state index contributed by atoms with van der Waals surface area (Å²) in [6, 6.07) is 6.72. The van der Waals surface area contributed by atoms with Crippen molar-refractivity contribution in [2.75, 3.05) is 13.4 Å². The fourth-order valence-electron chi connectivity index (χ4n) is 2.98. The fraction of sp³-hybridized carbons (Fsp3) is 0.273. The molecule has 1 aromatic carbocycles. The highest BCUT2D eigenvalue weighted by Crippen LogP contribution is 2.33. The molecule has 10 heteroatoms. The molecule has 2 rings (SSSR count). The molecular formula is C22H21Cl2F3N2O2S. The lowest BCUT2D eigenvalue weighted by Crippen LogP contribution is -2.28. The van der Waals surface area contributed by atoms with Crippen molar-refractivity contribution < 1.29 is 22.7 Å². The Kier molecular flexibility index (Phi) is 9.48. The van der Waals surface area contributed by atoms with Crippen LogP contribution in [0, 0.1) is 0 Å². The van der Waals surface area contributed by atoms with Crippen molar-refractivity contribution in [1.29, 1.82) is 0 Å². The molecule has 0 aromatic heterocycles. The molecule has 0 saturated carbocycles. The second-order valence-corrected chi connectivity index (χ2v) is 8.32. The zero-order valence-electron chi connectivity index (χ0n) is 17.2. The molecule has 0 fully saturated rings. The standard InChI is InChI=1S/C22H21Cl2F3N2O2S/c1-31-19(16(21(30)32-2)10-13-6-3-4-9-18(13)24)17(12-28)20(22(25,26)27)29-15-8-5-7-14(23)11-15/h3-9,12,14H,10-11,28H2,1-2H3/b17-12?,19-16+,29-20?. The predicted octanol–water partition coefficient (Wildman–Crippen LogP) is 5.97. The predicted molar refractivity (Wildman–Crippen MR) is 125 cm³/mol. The molecule has 0 aliphatic heterocycles. The summed E-state index contributed by atoms with van der Waals surface area (Å²) in [5, 5.41) is -0.599. The molecule has 2 N–H and O–H groups in total. The molecule has 0 bridgehead atoms. The number of aliphatic imine (C=N–C) groups is 1. The van der Waals surface area contributed by atoms with Crippen molar-refractivity contribution in [3.05, 3.63) is 81.9 Å². The summed E-state index contributed by atoms with van der Waals surface area (Å²) in [7, 11) is 1.17. The number of halogens is 5. The van der Waals surface area contributed by atoms with Gasteiger partial charge in [-0.2, -0.15) is 13.2 Å². The lowest BCUT2D eigenvalue weighted by molar-refractivity contribution is -0.108. The highest BCUT2D eigenvalue weighted by atomic mass is 35.5. The molecular weight excluding hydrogens is 484 g/mol. The Morgan fingerprint density at radius 2 is 2.06 bits per heavy atom. The van der Waals surface area contributed by atoms with Crippen LogP contribution in [0.1, 0.15) is 12.0 Å². The first-order valence-corrected chi connectivity index (χ1v) is 11.3. The number of nitrogens with two attached hydrogens (primary N) is 1. The van der Waals surface area contributed by atoms with E-state index >= 15 is 0 Å². The van der Waals surface area contributed by atoms with Crippen LogP contribution in [-0.2, 0) is 16.0 Å². The van der Waals surface area contributed by atoms with E-state index in [1.807, 2.05) is 0 Å². The number of ether oxygens (including phenoxy) is 1. The maximum atomic E-state index is 14.0. The highest BCUT2D eigenvalue weighted by Gasteiger charge is 2.41. The van der Waals surface area contributed by atoms with Crippen molar-refractivity contribution >= 4 is 45.8 Å². The van der Waals surface area contributed by atoms with Gasteiger partial charge in [0.1, 0.15) is 5.76 Å². The normalized spacial score (nSPS) is 18.2. The quantitative estimate of drug-likeness (QED) is 0.163. The summed E-state index contributed by atoms with van der Waals surface area (Å²) >= 11 is 13.1. The first kappa shape index (κ1) is 26.1. The second kappa shape index (κ2) is 11.6. The van der Waals surface area contributed by atoms with Crippen molar-refractivity contribution in [3.63, 3.8) is 0 Å². The lowest BCUT2D eigenvalue weighted by Gasteiger charge is -2.20. The average molecular weight is 505 g/mol.